The average Bonchev–Trinajstić information content (AvgIpc) is 1.66. The maximum Gasteiger partial charge on any atom is 3.00 e. The van der Waals surface area contributed by atoms with Crippen LogP contribution < -0.4 is 53.4 Å². The van der Waals surface area contributed by atoms with Crippen molar-refractivity contribution >= 4 is 53.3 Å². The Kier molecular flexibility index (Phi) is 21.9. The predicted molar refractivity (Wildman–Crippen MR) is 340 cm³/mol. The summed E-state index contributed by atoms with van der Waals surface area (Å²) in [5.41, 5.74) is -0.544. The monoisotopic (exact) mass is 1530 g/mol. The van der Waals surface area contributed by atoms with Crippen LogP contribution in [0.15, 0.2) is 51.1 Å². The first-order chi connectivity index (χ1) is 51.5. The van der Waals surface area contributed by atoms with E-state index in [0.717, 1.165) is 0 Å². The number of imidazole rings is 3. The van der Waals surface area contributed by atoms with Gasteiger partial charge in [-0.05, 0) is 92.5 Å². The molecule has 46 heteroatoms. The van der Waals surface area contributed by atoms with Crippen molar-refractivity contribution in [1.29, 1.82) is 0 Å². The van der Waals surface area contributed by atoms with Gasteiger partial charge in [-0.15, -0.1) is 0 Å². The molecule has 9 aromatic heterocycles. The number of rotatable bonds is 18. The average molecular weight is 1530 g/mol. The highest BCUT2D eigenvalue weighted by atomic mass is 19.3. The molecule has 0 bridgehead atoms. The number of nitrogens with zero attached hydrogens (tertiary/aromatic N) is 19. The second kappa shape index (κ2) is 31.0. The molecule has 109 heavy (non-hydrogen) atoms. The van der Waals surface area contributed by atoms with Crippen LogP contribution in [0.5, 0.6) is 0 Å². The molecule has 2 radical (unpaired) electrons. The number of alkyl halides is 6. The Morgan fingerprint density at radius 3 is 0.881 bits per heavy atom. The van der Waals surface area contributed by atoms with Crippen molar-refractivity contribution in [2.45, 2.75) is 170 Å². The number of carboxylic acid groups (broad SMARTS) is 3. The Bertz CT molecular complexity index is 4300. The van der Waals surface area contributed by atoms with Crippen LogP contribution in [0.1, 0.15) is 197 Å². The van der Waals surface area contributed by atoms with Crippen LogP contribution in [0.2, 0.25) is 0 Å². The summed E-state index contributed by atoms with van der Waals surface area (Å²) in [7, 11) is 0. The summed E-state index contributed by atoms with van der Waals surface area (Å²) < 4.78 is 117. The molecule has 578 valence electrons. The molecule has 40 nitrogen and oxygen atoms in total. The zero-order chi connectivity index (χ0) is 76.5. The molecule has 15 rings (SSSR count). The highest BCUT2D eigenvalue weighted by Crippen LogP contribution is 2.45. The Labute approximate surface area is 610 Å². The smallest absolute Gasteiger partial charge is 0.530 e. The van der Waals surface area contributed by atoms with E-state index in [-0.39, 0.29) is 172 Å². The zero-order valence-electron chi connectivity index (χ0n) is 58.2. The topological polar surface area (TPSA) is 548 Å². The number of halogens is 6. The van der Waals surface area contributed by atoms with Crippen LogP contribution in [-0.2, 0) is 30.8 Å². The summed E-state index contributed by atoms with van der Waals surface area (Å²) in [5, 5.41) is 84.1. The number of hydrogen-bond acceptors (Lipinski definition) is 30. The number of aromatic nitrogens is 18. The number of carbonyl (C=O) groups is 6. The molecule has 3 aliphatic carbocycles. The molecule has 0 spiro atoms. The molecule has 3 unspecified atom stereocenters. The van der Waals surface area contributed by atoms with Crippen molar-refractivity contribution in [3.8, 4) is 0 Å². The summed E-state index contributed by atoms with van der Waals surface area (Å²) >= 11 is 0. The number of fused-ring (bicyclic) bond motifs is 3. The standard InChI is InChI=1S/3C21H24F2N8O5.N/c3*1-11-15(30-36-29-11)17(32)27-16(12-2-4-21(22,23)5-3-12)13-9-31-18(25-13)26-14(8-24-31)20(28-19(33)34)6-7-35-10-20;/h3*8-9,12,16,28H,2-7,10H2,1H3,(H,27,32)(H,33,34);/q;;;+3/p-3/t3*16-,20?;/m000./s1. The van der Waals surface area contributed by atoms with Gasteiger partial charge in [0.15, 0.2) is 17.1 Å². The summed E-state index contributed by atoms with van der Waals surface area (Å²) in [6.45, 7) is 5.82. The van der Waals surface area contributed by atoms with E-state index in [1.807, 2.05) is 0 Å². The van der Waals surface area contributed by atoms with E-state index in [4.69, 9.17) is 14.2 Å². The van der Waals surface area contributed by atoms with Gasteiger partial charge in [0.25, 0.3) is 35.1 Å². The fourth-order valence-electron chi connectivity index (χ4n) is 14.3. The van der Waals surface area contributed by atoms with E-state index in [1.54, 1.807) is 39.4 Å². The van der Waals surface area contributed by atoms with Gasteiger partial charge in [-0.3, -0.25) is 14.4 Å². The van der Waals surface area contributed by atoms with Crippen LogP contribution in [-0.4, -0.2) is 183 Å². The first-order valence-electron chi connectivity index (χ1n) is 34.3. The van der Waals surface area contributed by atoms with Crippen molar-refractivity contribution in [2.75, 3.05) is 39.6 Å². The largest absolute Gasteiger partial charge is 3.00 e. The Balaban J connectivity index is 0.000000152. The minimum atomic E-state index is -2.75. The predicted octanol–water partition coefficient (Wildman–Crippen LogP) is 1.50. The minimum Gasteiger partial charge on any atom is -0.530 e. The van der Waals surface area contributed by atoms with Gasteiger partial charge in [-0.25, -0.2) is 83.7 Å². The van der Waals surface area contributed by atoms with Crippen molar-refractivity contribution in [3.63, 3.8) is 0 Å². The van der Waals surface area contributed by atoms with Gasteiger partial charge in [-0.1, -0.05) is 15.5 Å². The molecule has 6 amide bonds. The minimum absolute atomic E-state index is 0. The first-order valence-corrected chi connectivity index (χ1v) is 34.3. The number of aryl methyl sites for hydroxylation is 3. The van der Waals surface area contributed by atoms with E-state index < -0.39 is 88.5 Å². The van der Waals surface area contributed by atoms with Gasteiger partial charge in [-0.2, -0.15) is 15.3 Å². The molecule has 0 aromatic carbocycles. The zero-order valence-corrected chi connectivity index (χ0v) is 58.2. The molecular formula is C63H69F6N25O15. The maximum absolute atomic E-state index is 13.8. The lowest BCUT2D eigenvalue weighted by molar-refractivity contribution is -0.254. The second-order valence-corrected chi connectivity index (χ2v) is 27.6. The molecule has 3 saturated heterocycles. The SMILES string of the molecule is Cc1nonc1C(=O)N[C@H](c1cn2ncc(C3(NC(=O)[O-])CCOC3)nc2n1)C1CCC(F)(F)CC1.Cc1nonc1C(=O)N[C@H](c1cn2ncc(C3(NC(=O)[O-])CCOC3)nc2n1)C1CCC(F)(F)CC1.Cc1nonc1C(=O)N[C@H](c1cn2ncc(C3(NC(=O)[O-])CCOC3)nc2n1)C1CCC(F)(F)CC1.[N+3]. The quantitative estimate of drug-likeness (QED) is 0.0663. The summed E-state index contributed by atoms with van der Waals surface area (Å²) in [4.78, 5) is 99.5. The molecule has 6 N–H and O–H groups in total. The van der Waals surface area contributed by atoms with E-state index in [1.165, 1.54) is 32.1 Å². The number of nitrogens with one attached hydrogen (secondary N) is 6. The third-order valence-electron chi connectivity index (χ3n) is 20.3. The van der Waals surface area contributed by atoms with Crippen LogP contribution in [0, 0.1) is 38.5 Å². The summed E-state index contributed by atoms with van der Waals surface area (Å²) in [5.74, 6) is -10.5. The van der Waals surface area contributed by atoms with Crippen molar-refractivity contribution in [1.82, 2.24) is 128 Å². The summed E-state index contributed by atoms with van der Waals surface area (Å²) in [6.07, 6.45) is 4.66. The molecule has 3 saturated carbocycles. The normalized spacial score (nSPS) is 22.8. The van der Waals surface area contributed by atoms with Gasteiger partial charge >= 0.3 is 6.15 Å². The van der Waals surface area contributed by atoms with Crippen molar-refractivity contribution in [3.05, 3.63) is 106 Å². The van der Waals surface area contributed by atoms with Crippen LogP contribution in [0.3, 0.4) is 0 Å². The molecule has 3 aliphatic heterocycles. The third-order valence-corrected chi connectivity index (χ3v) is 20.3. The van der Waals surface area contributed by atoms with Gasteiger partial charge in [0.05, 0.1) is 109 Å². The lowest BCUT2D eigenvalue weighted by Crippen LogP contribution is -2.52. The van der Waals surface area contributed by atoms with Crippen LogP contribution in [0.25, 0.3) is 17.3 Å². The third kappa shape index (κ3) is 16.9. The van der Waals surface area contributed by atoms with E-state index >= 15 is 0 Å². The van der Waals surface area contributed by atoms with E-state index in [0.29, 0.717) is 73.2 Å². The Morgan fingerprint density at radius 2 is 0.670 bits per heavy atom. The molecule has 9 aromatic rings. The molecule has 6 aliphatic rings. The fourth-order valence-corrected chi connectivity index (χ4v) is 14.3. The highest BCUT2D eigenvalue weighted by molar-refractivity contribution is 5.94. The van der Waals surface area contributed by atoms with Gasteiger partial charge in [0.1, 0.15) is 52.0 Å². The van der Waals surface area contributed by atoms with Crippen LogP contribution in [0.4, 0.5) is 40.7 Å². The Morgan fingerprint density at radius 1 is 0.413 bits per heavy atom. The molecular weight excluding hydrogens is 1460 g/mol. The second-order valence-electron chi connectivity index (χ2n) is 27.6. The summed E-state index contributed by atoms with van der Waals surface area (Å²) in [6, 6.07) is -2.20. The van der Waals surface area contributed by atoms with Gasteiger partial charge in [0.2, 0.25) is 17.8 Å². The van der Waals surface area contributed by atoms with E-state index in [9.17, 15) is 70.4 Å². The van der Waals surface area contributed by atoms with Crippen LogP contribution >= 0.6 is 0 Å². The Hall–Kier alpha value is -11.5. The molecule has 6 atom stereocenters. The number of carbonyl (C=O) groups excluding carboxylic acids is 6. The molecule has 6 fully saturated rings. The lowest BCUT2D eigenvalue weighted by Gasteiger charge is -2.33. The maximum atomic E-state index is 13.8. The van der Waals surface area contributed by atoms with Crippen molar-refractivity contribution < 1.29 is 98.5 Å². The lowest BCUT2D eigenvalue weighted by atomic mass is 9.81. The van der Waals surface area contributed by atoms with Gasteiger partial charge in [0, 0.05) is 77.6 Å². The fraction of sp³-hybridized carbons (Fsp3) is 0.571. The van der Waals surface area contributed by atoms with Gasteiger partial charge < -0.3 is 75.8 Å². The molecule has 12 heterocycles. The number of amides is 6. The van der Waals surface area contributed by atoms with Crippen molar-refractivity contribution in [2.24, 2.45) is 17.8 Å². The van der Waals surface area contributed by atoms with E-state index in [2.05, 4.69) is 122 Å². The highest BCUT2D eigenvalue weighted by Gasteiger charge is 3.00. The number of hydrogen-bond donors (Lipinski definition) is 6. The first kappa shape index (κ1) is 77.1. The number of ether oxygens (including phenoxy) is 3.